The minimum atomic E-state index is -0.937. The van der Waals surface area contributed by atoms with Crippen molar-refractivity contribution < 1.29 is 38.9 Å². The van der Waals surface area contributed by atoms with E-state index in [0.29, 0.717) is 78.1 Å². The molecule has 1 fully saturated rings. The molecule has 0 radical (unpaired) electrons. The molecule has 0 aromatic carbocycles. The Morgan fingerprint density at radius 1 is 0.633 bits per heavy atom. The summed E-state index contributed by atoms with van der Waals surface area (Å²) in [4.78, 5) is 50.9. The normalized spacial score (nSPS) is 19.5. The second-order valence-corrected chi connectivity index (χ2v) is 7.07. The molecule has 1 aliphatic rings. The van der Waals surface area contributed by atoms with Gasteiger partial charge in [-0.3, -0.25) is 38.8 Å². The van der Waals surface area contributed by atoms with Crippen LogP contribution >= 0.6 is 0 Å². The monoisotopic (exact) mass is 432 g/mol. The summed E-state index contributed by atoms with van der Waals surface area (Å²) < 4.78 is 9.74. The molecule has 0 bridgehead atoms. The van der Waals surface area contributed by atoms with Gasteiger partial charge >= 0.3 is 11.9 Å². The van der Waals surface area contributed by atoms with Gasteiger partial charge < -0.3 is 19.7 Å². The summed E-state index contributed by atoms with van der Waals surface area (Å²) in [6.07, 6.45) is 1.30. The van der Waals surface area contributed by atoms with Crippen molar-refractivity contribution in [2.24, 2.45) is 0 Å². The number of carboxylic acid groups (broad SMARTS) is 2. The fourth-order valence-corrected chi connectivity index (χ4v) is 3.28. The molecule has 2 N–H and O–H groups in total. The molecular weight excluding hydrogens is 400 g/mol. The number of carbonyl (C=O) groups excluding carboxylic acids is 2. The van der Waals surface area contributed by atoms with Crippen LogP contribution < -0.4 is 0 Å². The third-order valence-electron chi connectivity index (χ3n) is 4.73. The number of hydrogen-bond acceptors (Lipinski definition) is 10. The van der Waals surface area contributed by atoms with Crippen molar-refractivity contribution in [2.45, 2.75) is 12.8 Å². The largest absolute Gasteiger partial charge is 0.480 e. The molecule has 0 amide bonds. The van der Waals surface area contributed by atoms with Gasteiger partial charge in [-0.25, -0.2) is 0 Å². The first kappa shape index (κ1) is 25.8. The lowest BCUT2D eigenvalue weighted by atomic mass is 10.3. The van der Waals surface area contributed by atoms with Gasteiger partial charge in [-0.05, 0) is 12.8 Å². The summed E-state index contributed by atoms with van der Waals surface area (Å²) >= 11 is 0. The fourth-order valence-electron chi connectivity index (χ4n) is 3.28. The molecule has 0 aromatic rings. The predicted octanol–water partition coefficient (Wildman–Crippen LogP) is -1.58. The van der Waals surface area contributed by atoms with Gasteiger partial charge in [0, 0.05) is 52.4 Å². The third-order valence-corrected chi connectivity index (χ3v) is 4.73. The third kappa shape index (κ3) is 12.3. The van der Waals surface area contributed by atoms with Crippen LogP contribution in [0.1, 0.15) is 12.8 Å². The maximum Gasteiger partial charge on any atom is 0.317 e. The van der Waals surface area contributed by atoms with E-state index in [2.05, 4.69) is 0 Å². The first-order valence-corrected chi connectivity index (χ1v) is 9.88. The van der Waals surface area contributed by atoms with Crippen LogP contribution in [0, 0.1) is 0 Å². The Morgan fingerprint density at radius 3 is 1.30 bits per heavy atom. The predicted molar refractivity (Wildman–Crippen MR) is 105 cm³/mol. The highest BCUT2D eigenvalue weighted by atomic mass is 16.5. The molecule has 12 nitrogen and oxygen atoms in total. The Labute approximate surface area is 175 Å². The topological polar surface area (TPSA) is 140 Å². The molecule has 1 aliphatic heterocycles. The summed E-state index contributed by atoms with van der Waals surface area (Å²) in [6, 6.07) is 0. The Kier molecular flexibility index (Phi) is 13.3. The lowest BCUT2D eigenvalue weighted by Gasteiger charge is -2.30. The summed E-state index contributed by atoms with van der Waals surface area (Å²) in [7, 11) is 0. The van der Waals surface area contributed by atoms with E-state index in [4.69, 9.17) is 19.7 Å². The summed E-state index contributed by atoms with van der Waals surface area (Å²) in [5.41, 5.74) is 0. The number of carboxylic acids is 2. The molecule has 0 aromatic heterocycles. The summed E-state index contributed by atoms with van der Waals surface area (Å²) in [5, 5.41) is 18.3. The first-order chi connectivity index (χ1) is 14.4. The van der Waals surface area contributed by atoms with E-state index in [-0.39, 0.29) is 26.6 Å². The van der Waals surface area contributed by atoms with Crippen LogP contribution in [0.5, 0.6) is 0 Å². The average Bonchev–Trinajstić information content (AvgIpc) is 2.69. The van der Waals surface area contributed by atoms with Crippen molar-refractivity contribution in [1.82, 2.24) is 19.6 Å². The minimum Gasteiger partial charge on any atom is -0.480 e. The Hall–Kier alpha value is -2.28. The van der Waals surface area contributed by atoms with Crippen LogP contribution in [0.15, 0.2) is 0 Å². The number of rotatable bonds is 10. The van der Waals surface area contributed by atoms with Crippen molar-refractivity contribution in [3.63, 3.8) is 0 Å². The first-order valence-electron chi connectivity index (χ1n) is 9.88. The summed E-state index contributed by atoms with van der Waals surface area (Å²) in [5.74, 6) is -1.87. The fraction of sp³-hybridized carbons (Fsp3) is 0.778. The molecule has 0 spiro atoms. The molecule has 30 heavy (non-hydrogen) atoms. The quantitative estimate of drug-likeness (QED) is 0.385. The van der Waals surface area contributed by atoms with Gasteiger partial charge in [-0.1, -0.05) is 0 Å². The molecule has 0 saturated carbocycles. The van der Waals surface area contributed by atoms with Crippen molar-refractivity contribution in [3.8, 4) is 0 Å². The summed E-state index contributed by atoms with van der Waals surface area (Å²) in [6.45, 7) is 4.96. The minimum absolute atomic E-state index is 0.122. The van der Waals surface area contributed by atoms with Crippen LogP contribution in [-0.2, 0) is 28.7 Å². The van der Waals surface area contributed by atoms with Crippen LogP contribution in [0.25, 0.3) is 0 Å². The molecular formula is C18H32N4O8. The zero-order valence-electron chi connectivity index (χ0n) is 17.2. The maximum absolute atomic E-state index is 11.2. The zero-order chi connectivity index (χ0) is 22.2. The molecule has 1 saturated heterocycles. The average molecular weight is 432 g/mol. The molecule has 12 heteroatoms. The Balaban J connectivity index is 2.82. The maximum atomic E-state index is 11.2. The highest BCUT2D eigenvalue weighted by molar-refractivity contribution is 5.69. The van der Waals surface area contributed by atoms with Gasteiger partial charge in [-0.15, -0.1) is 0 Å². The van der Waals surface area contributed by atoms with E-state index in [1.165, 1.54) is 0 Å². The zero-order valence-corrected chi connectivity index (χ0v) is 17.2. The van der Waals surface area contributed by atoms with E-state index in [9.17, 15) is 19.2 Å². The number of hydrogen-bond donors (Lipinski definition) is 2. The van der Waals surface area contributed by atoms with Gasteiger partial charge in [0.05, 0.1) is 13.1 Å². The van der Waals surface area contributed by atoms with Gasteiger partial charge in [-0.2, -0.15) is 0 Å². The Morgan fingerprint density at radius 2 is 0.967 bits per heavy atom. The Bertz CT molecular complexity index is 490. The van der Waals surface area contributed by atoms with Gasteiger partial charge in [0.15, 0.2) is 0 Å². The highest BCUT2D eigenvalue weighted by Gasteiger charge is 2.17. The lowest BCUT2D eigenvalue weighted by molar-refractivity contribution is -0.140. The van der Waals surface area contributed by atoms with Crippen LogP contribution in [0.4, 0.5) is 0 Å². The second kappa shape index (κ2) is 15.5. The lowest BCUT2D eigenvalue weighted by Crippen LogP contribution is -2.43. The van der Waals surface area contributed by atoms with E-state index in [1.54, 1.807) is 9.80 Å². The van der Waals surface area contributed by atoms with Crippen molar-refractivity contribution in [1.29, 1.82) is 0 Å². The number of aliphatic carboxylic acids is 2. The van der Waals surface area contributed by atoms with Gasteiger partial charge in [0.1, 0.15) is 13.5 Å². The SMILES string of the molecule is O=COCN1CCCN(CC(=O)O)CCN(CC(=O)O)CCCN(COC=O)CC1. The standard InChI is InChI=1S/C18H32N4O8/c23-15-29-13-21-5-1-3-19(11-17(25)26)7-8-20(12-18(27)28)4-2-6-22(10-9-21)14-30-16-24/h15-16H,1-14H2,(H,25,26)(H,27,28). The van der Waals surface area contributed by atoms with Crippen LogP contribution in [-0.4, -0.2) is 134 Å². The van der Waals surface area contributed by atoms with E-state index in [0.717, 1.165) is 0 Å². The molecule has 0 aliphatic carbocycles. The van der Waals surface area contributed by atoms with Crippen molar-refractivity contribution in [2.75, 3.05) is 78.9 Å². The van der Waals surface area contributed by atoms with E-state index >= 15 is 0 Å². The van der Waals surface area contributed by atoms with Crippen molar-refractivity contribution in [3.05, 3.63) is 0 Å². The van der Waals surface area contributed by atoms with E-state index < -0.39 is 11.9 Å². The van der Waals surface area contributed by atoms with Crippen LogP contribution in [0.2, 0.25) is 0 Å². The van der Waals surface area contributed by atoms with E-state index in [1.807, 2.05) is 9.80 Å². The number of carbonyl (C=O) groups is 4. The van der Waals surface area contributed by atoms with Gasteiger partial charge in [0.25, 0.3) is 12.9 Å². The molecule has 1 rings (SSSR count). The molecule has 1 heterocycles. The van der Waals surface area contributed by atoms with Crippen molar-refractivity contribution >= 4 is 24.9 Å². The smallest absolute Gasteiger partial charge is 0.317 e. The van der Waals surface area contributed by atoms with Crippen LogP contribution in [0.3, 0.4) is 0 Å². The van der Waals surface area contributed by atoms with Gasteiger partial charge in [0.2, 0.25) is 0 Å². The highest BCUT2D eigenvalue weighted by Crippen LogP contribution is 2.03. The number of ether oxygens (including phenoxy) is 2. The molecule has 0 unspecified atom stereocenters. The molecule has 0 atom stereocenters. The number of nitrogens with zero attached hydrogens (tertiary/aromatic N) is 4. The second-order valence-electron chi connectivity index (χ2n) is 7.07. The molecule has 172 valence electrons.